The number of ether oxygens (including phenoxy) is 1. The summed E-state index contributed by atoms with van der Waals surface area (Å²) in [7, 11) is -5.05. The minimum Gasteiger partial charge on any atom is -0.394 e. The van der Waals surface area contributed by atoms with Crippen LogP contribution < -0.4 is 45.0 Å². The second-order valence-corrected chi connectivity index (χ2v) is 27.5. The number of aliphatic imine (C=N–C) groups is 3. The third-order valence-corrected chi connectivity index (χ3v) is 21.0. The number of hydrogen-bond acceptors (Lipinski definition) is 18. The van der Waals surface area contributed by atoms with Gasteiger partial charge in [-0.25, -0.2) is 9.55 Å². The zero-order chi connectivity index (χ0) is 65.0. The Morgan fingerprint density at radius 3 is 2.03 bits per heavy atom. The monoisotopic (exact) mass is 1240 g/mol. The van der Waals surface area contributed by atoms with Crippen LogP contribution >= 0.6 is 7.82 Å². The number of primary amides is 6. The Labute approximate surface area is 510 Å². The molecule has 15 unspecified atom stereocenters. The number of phosphoric ester groups is 1. The topological polar surface area (TPSA) is 460 Å². The number of carbonyl (C=O) groups is 7. The molecule has 0 aliphatic carbocycles. The molecule has 8 rings (SSSR count). The Balaban J connectivity index is 1.21. The van der Waals surface area contributed by atoms with Crippen LogP contribution in [0.3, 0.4) is 0 Å². The molecule has 480 valence electrons. The summed E-state index contributed by atoms with van der Waals surface area (Å²) in [5, 5.41) is 28.0. The van der Waals surface area contributed by atoms with Gasteiger partial charge in [0, 0.05) is 131 Å². The number of aliphatic hydroxyl groups excluding tert-OH is 2. The molecule has 1 aromatic heterocycles. The SMILES string of the molecule is CC1=C2N=C(C=C3N/C(=C(/C)C4=NC(C)(C5N=C1C(C)(CCC(=O)NCC(C)OP(=O)(O)OC1C(CO)OC(n6cnc7ccccc76)C1O)C5CC(N)=O)C(C)(CC(N)=O)C4CCC(N)=O)C(C)(CC(N)=O)C3CCC(N)=O)C(C)(C)C2CCC(N)=O. The van der Waals surface area contributed by atoms with Crippen LogP contribution in [0, 0.1) is 45.3 Å². The maximum absolute atomic E-state index is 14.3. The molecule has 2 saturated heterocycles. The standard InChI is InChI=1S/C60H86N13O14P/c1-29(86-88(83,84)87-51-39(27-74)85-55(50(51)82)73-28-68-36-12-10-11-13-38(36)73)26-67-47(81)20-21-57(6)35(22-44(64)78)54-60(9)59(8,25-46(66)80)34(16-19-43(63)77)49(72-60)31(3)53-58(7,24-45(65)79)32(14-17-41(61)75)37(69-53)23-40-56(4,5)33(15-18-42(62)76)48(70-40)30(2)52(57)71-54/h10-13,23,28-29,32-35,39,50-51,54-55,69,74,82H,14-22,24-27H2,1-9H3,(H2,61,75)(H2,62,76)(H2,63,77)(H2,64,78)(H2,65,79)(H2,66,80)(H,67,81)(H,83,84)/b37-23?,48-30?,53-31-. The number of rotatable bonds is 26. The van der Waals surface area contributed by atoms with E-state index in [-0.39, 0.29) is 77.2 Å². The maximum atomic E-state index is 14.3. The van der Waals surface area contributed by atoms with Crippen LogP contribution in [-0.4, -0.2) is 132 Å². The van der Waals surface area contributed by atoms with Gasteiger partial charge in [-0.2, -0.15) is 0 Å². The molecule has 27 nitrogen and oxygen atoms in total. The summed E-state index contributed by atoms with van der Waals surface area (Å²) in [5.74, 6) is -7.18. The second kappa shape index (κ2) is 25.1. The van der Waals surface area contributed by atoms with Crippen LogP contribution in [0.1, 0.15) is 139 Å². The number of hydrogen-bond donors (Lipinski definition) is 11. The first-order chi connectivity index (χ1) is 41.0. The number of carbonyl (C=O) groups excluding carboxylic acids is 7. The molecular formula is C60H86N13O14P. The molecule has 17 N–H and O–H groups in total. The van der Waals surface area contributed by atoms with Gasteiger partial charge in [0.25, 0.3) is 0 Å². The van der Waals surface area contributed by atoms with Gasteiger partial charge in [0.05, 0.1) is 41.7 Å². The van der Waals surface area contributed by atoms with Gasteiger partial charge in [-0.15, -0.1) is 0 Å². The number of benzene rings is 1. The fourth-order valence-electron chi connectivity index (χ4n) is 15.1. The first-order valence-electron chi connectivity index (χ1n) is 29.7. The third-order valence-electron chi connectivity index (χ3n) is 19.9. The number of para-hydroxylation sites is 2. The highest BCUT2D eigenvalue weighted by Gasteiger charge is 2.66. The van der Waals surface area contributed by atoms with Crippen molar-refractivity contribution in [1.82, 2.24) is 20.2 Å². The highest BCUT2D eigenvalue weighted by molar-refractivity contribution is 7.47. The summed E-state index contributed by atoms with van der Waals surface area (Å²) in [6.07, 6.45) is -4.25. The predicted octanol–water partition coefficient (Wildman–Crippen LogP) is 2.55. The zero-order valence-electron chi connectivity index (χ0n) is 51.4. The van der Waals surface area contributed by atoms with E-state index in [1.807, 2.05) is 61.5 Å². The number of nitrogens with two attached hydrogens (primary N) is 6. The summed E-state index contributed by atoms with van der Waals surface area (Å²) in [6.45, 7) is 15.4. The van der Waals surface area contributed by atoms with Gasteiger partial charge in [0.15, 0.2) is 6.23 Å². The van der Waals surface area contributed by atoms with E-state index < -0.39 is 143 Å². The molecule has 28 heteroatoms. The molecule has 2 aromatic rings. The summed E-state index contributed by atoms with van der Waals surface area (Å²) in [5.41, 5.74) is 35.3. The van der Waals surface area contributed by atoms with Gasteiger partial charge in [-0.05, 0) is 82.7 Å². The molecule has 0 spiro atoms. The molecule has 88 heavy (non-hydrogen) atoms. The first-order valence-corrected chi connectivity index (χ1v) is 31.2. The van der Waals surface area contributed by atoms with Crippen LogP contribution in [0.15, 0.2) is 79.9 Å². The number of nitrogens with one attached hydrogen (secondary N) is 2. The lowest BCUT2D eigenvalue weighted by molar-refractivity contribution is -0.124. The van der Waals surface area contributed by atoms with E-state index in [0.717, 1.165) is 0 Å². The smallest absolute Gasteiger partial charge is 0.394 e. The Morgan fingerprint density at radius 2 is 1.43 bits per heavy atom. The lowest BCUT2D eigenvalue weighted by Gasteiger charge is -2.48. The number of amides is 7. The fourth-order valence-corrected chi connectivity index (χ4v) is 16.3. The Bertz CT molecular complexity index is 3430. The number of fused-ring (bicyclic) bond motifs is 7. The maximum Gasteiger partial charge on any atom is 0.472 e. The van der Waals surface area contributed by atoms with Crippen molar-refractivity contribution in [3.63, 3.8) is 0 Å². The van der Waals surface area contributed by atoms with Crippen molar-refractivity contribution in [2.75, 3.05) is 13.2 Å². The average molecular weight is 1240 g/mol. The number of imidazole rings is 1. The molecule has 6 aliphatic heterocycles. The normalized spacial score (nSPS) is 33.3. The van der Waals surface area contributed by atoms with Crippen molar-refractivity contribution in [2.24, 2.45) is 94.7 Å². The number of phosphoric acid groups is 1. The molecule has 7 heterocycles. The van der Waals surface area contributed by atoms with Gasteiger partial charge >= 0.3 is 7.82 Å². The Hall–Kier alpha value is -7.00. The third kappa shape index (κ3) is 12.6. The fraction of sp³-hybridized carbons (Fsp3) is 0.617. The van der Waals surface area contributed by atoms with E-state index in [2.05, 4.69) is 15.6 Å². The van der Waals surface area contributed by atoms with Crippen LogP contribution in [0.2, 0.25) is 0 Å². The highest BCUT2D eigenvalue weighted by Crippen LogP contribution is 2.62. The Kier molecular flexibility index (Phi) is 19.1. The molecule has 15 atom stereocenters. The van der Waals surface area contributed by atoms with E-state index in [0.29, 0.717) is 56.4 Å². The minimum absolute atomic E-state index is 0.0106. The number of allylic oxidation sites excluding steroid dienone is 6. The van der Waals surface area contributed by atoms with E-state index in [1.54, 1.807) is 24.3 Å². The van der Waals surface area contributed by atoms with Crippen molar-refractivity contribution < 1.29 is 67.0 Å². The van der Waals surface area contributed by atoms with Gasteiger partial charge in [-0.3, -0.25) is 57.6 Å². The summed E-state index contributed by atoms with van der Waals surface area (Å²) < 4.78 is 32.0. The first kappa shape index (κ1) is 66.9. The van der Waals surface area contributed by atoms with Gasteiger partial charge in [0.2, 0.25) is 41.4 Å². The average Bonchev–Trinajstić information content (AvgIpc) is 1.63. The molecule has 2 fully saturated rings. The predicted molar refractivity (Wildman–Crippen MR) is 324 cm³/mol. The van der Waals surface area contributed by atoms with Crippen LogP contribution in [0.25, 0.3) is 11.0 Å². The van der Waals surface area contributed by atoms with E-state index in [1.165, 1.54) is 17.8 Å². The van der Waals surface area contributed by atoms with E-state index in [4.69, 9.17) is 63.2 Å². The lowest BCUT2D eigenvalue weighted by atomic mass is 9.55. The van der Waals surface area contributed by atoms with Crippen molar-refractivity contribution in [3.8, 4) is 0 Å². The van der Waals surface area contributed by atoms with Gasteiger partial charge in [0.1, 0.15) is 18.3 Å². The van der Waals surface area contributed by atoms with Crippen LogP contribution in [-0.2, 0) is 51.9 Å². The second-order valence-electron chi connectivity index (χ2n) is 26.1. The zero-order valence-corrected chi connectivity index (χ0v) is 52.3. The summed E-state index contributed by atoms with van der Waals surface area (Å²) in [6, 6.07) is 6.00. The molecule has 0 saturated carbocycles. The van der Waals surface area contributed by atoms with Crippen LogP contribution in [0.5, 0.6) is 0 Å². The highest BCUT2D eigenvalue weighted by atomic mass is 31.2. The van der Waals surface area contributed by atoms with Gasteiger partial charge < -0.3 is 69.4 Å². The van der Waals surface area contributed by atoms with Crippen molar-refractivity contribution in [3.05, 3.63) is 64.9 Å². The summed E-state index contributed by atoms with van der Waals surface area (Å²) in [4.78, 5) is 125. The molecule has 6 aliphatic rings. The molecule has 7 amide bonds. The van der Waals surface area contributed by atoms with E-state index in [9.17, 15) is 53.2 Å². The van der Waals surface area contributed by atoms with E-state index >= 15 is 0 Å². The molecule has 1 aromatic carbocycles. The number of aliphatic hydroxyl groups is 2. The summed E-state index contributed by atoms with van der Waals surface area (Å²) >= 11 is 0. The van der Waals surface area contributed by atoms with Crippen molar-refractivity contribution in [1.29, 1.82) is 0 Å². The Morgan fingerprint density at radius 1 is 0.818 bits per heavy atom. The number of nitrogens with zero attached hydrogens (tertiary/aromatic N) is 5. The van der Waals surface area contributed by atoms with Gasteiger partial charge in [-0.1, -0.05) is 46.8 Å². The quantitative estimate of drug-likeness (QED) is 0.0603. The largest absolute Gasteiger partial charge is 0.472 e. The lowest BCUT2D eigenvalue weighted by Crippen LogP contribution is -2.56. The van der Waals surface area contributed by atoms with Crippen LogP contribution in [0.4, 0.5) is 0 Å². The van der Waals surface area contributed by atoms with Crippen molar-refractivity contribution in [2.45, 2.75) is 175 Å². The van der Waals surface area contributed by atoms with Crippen molar-refractivity contribution >= 4 is 77.3 Å². The number of aromatic nitrogens is 2. The molecular weight excluding hydrogens is 1160 g/mol. The minimum atomic E-state index is -5.05. The molecule has 0 radical (unpaired) electrons. The molecule has 8 bridgehead atoms.